The molecular weight excluding hydrogens is 279 g/mol. The molecule has 20 heavy (non-hydrogen) atoms. The Labute approximate surface area is 121 Å². The predicted octanol–water partition coefficient (Wildman–Crippen LogP) is 2.62. The van der Waals surface area contributed by atoms with E-state index >= 15 is 0 Å². The van der Waals surface area contributed by atoms with Gasteiger partial charge in [0, 0.05) is 17.1 Å². The minimum Gasteiger partial charge on any atom is -0.311 e. The van der Waals surface area contributed by atoms with E-state index < -0.39 is 0 Å². The molecule has 1 N–H and O–H groups in total. The number of nitrogens with one attached hydrogen (secondary N) is 1. The van der Waals surface area contributed by atoms with Crippen LogP contribution in [0, 0.1) is 11.7 Å². The van der Waals surface area contributed by atoms with Crippen molar-refractivity contribution in [2.24, 2.45) is 5.92 Å². The summed E-state index contributed by atoms with van der Waals surface area (Å²) in [6.07, 6.45) is 4.50. The van der Waals surface area contributed by atoms with Gasteiger partial charge in [0.15, 0.2) is 0 Å². The third-order valence-corrected chi connectivity index (χ3v) is 3.60. The molecule has 0 spiro atoms. The third-order valence-electron chi connectivity index (χ3n) is 3.37. The van der Waals surface area contributed by atoms with Crippen molar-refractivity contribution in [2.75, 3.05) is 6.54 Å². The van der Waals surface area contributed by atoms with Crippen molar-refractivity contribution in [1.29, 1.82) is 0 Å². The minimum absolute atomic E-state index is 0.318. The lowest BCUT2D eigenvalue weighted by molar-refractivity contribution is 0.577. The van der Waals surface area contributed by atoms with Crippen molar-refractivity contribution < 1.29 is 4.39 Å². The maximum Gasteiger partial charge on any atom is 0.129 e. The van der Waals surface area contributed by atoms with Crippen LogP contribution in [0.4, 0.5) is 4.39 Å². The Hall–Kier alpha value is -1.46. The molecule has 1 heterocycles. The molecule has 0 radical (unpaired) electrons. The van der Waals surface area contributed by atoms with Crippen molar-refractivity contribution in [2.45, 2.75) is 25.9 Å². The molecule has 0 amide bonds. The van der Waals surface area contributed by atoms with E-state index in [1.54, 1.807) is 16.8 Å². The lowest BCUT2D eigenvalue weighted by Crippen LogP contribution is -2.16. The smallest absolute Gasteiger partial charge is 0.129 e. The van der Waals surface area contributed by atoms with Gasteiger partial charge in [0.25, 0.3) is 0 Å². The van der Waals surface area contributed by atoms with E-state index in [1.165, 1.54) is 18.9 Å². The summed E-state index contributed by atoms with van der Waals surface area (Å²) in [7, 11) is 0. The molecule has 4 nitrogen and oxygen atoms in total. The van der Waals surface area contributed by atoms with Gasteiger partial charge in [-0.25, -0.2) is 9.07 Å². The summed E-state index contributed by atoms with van der Waals surface area (Å²) in [5.74, 6) is 0.523. The molecular formula is C14H16ClFN4. The molecule has 6 heteroatoms. The first kappa shape index (κ1) is 13.5. The van der Waals surface area contributed by atoms with Gasteiger partial charge < -0.3 is 5.32 Å². The van der Waals surface area contributed by atoms with Crippen molar-refractivity contribution >= 4 is 11.6 Å². The van der Waals surface area contributed by atoms with E-state index in [2.05, 4.69) is 15.6 Å². The fraction of sp³-hybridized carbons (Fsp3) is 0.429. The normalized spacial score (nSPS) is 14.7. The van der Waals surface area contributed by atoms with Crippen LogP contribution in [0.15, 0.2) is 24.4 Å². The second-order valence-corrected chi connectivity index (χ2v) is 5.65. The van der Waals surface area contributed by atoms with E-state index in [-0.39, 0.29) is 5.82 Å². The highest BCUT2D eigenvalue weighted by atomic mass is 35.5. The summed E-state index contributed by atoms with van der Waals surface area (Å²) in [6.45, 7) is 2.11. The fourth-order valence-electron chi connectivity index (χ4n) is 2.05. The van der Waals surface area contributed by atoms with Crippen LogP contribution in [-0.4, -0.2) is 21.5 Å². The average molecular weight is 295 g/mol. The van der Waals surface area contributed by atoms with Crippen LogP contribution in [0.25, 0.3) is 0 Å². The fourth-order valence-corrected chi connectivity index (χ4v) is 2.21. The number of nitrogens with zero attached hydrogens (tertiary/aromatic N) is 3. The Morgan fingerprint density at radius 1 is 1.40 bits per heavy atom. The molecule has 0 unspecified atom stereocenters. The van der Waals surface area contributed by atoms with Crippen LogP contribution in [0.2, 0.25) is 5.02 Å². The average Bonchev–Trinajstić information content (AvgIpc) is 3.12. The second kappa shape index (κ2) is 5.89. The zero-order valence-corrected chi connectivity index (χ0v) is 11.8. The standard InChI is InChI=1S/C14H16ClFN4/c15-12-4-3-11(14(16)5-12)8-20-9-13(18-19-20)7-17-6-10-1-2-10/h3-5,9-10,17H,1-2,6-8H2. The molecule has 0 saturated heterocycles. The molecule has 2 aromatic rings. The van der Waals surface area contributed by atoms with Crippen LogP contribution in [0.3, 0.4) is 0 Å². The van der Waals surface area contributed by atoms with Crippen molar-refractivity contribution in [3.63, 3.8) is 0 Å². The van der Waals surface area contributed by atoms with Gasteiger partial charge in [0.05, 0.1) is 18.4 Å². The van der Waals surface area contributed by atoms with Gasteiger partial charge in [0.1, 0.15) is 5.82 Å². The molecule has 1 aromatic heterocycles. The lowest BCUT2D eigenvalue weighted by Gasteiger charge is -2.03. The van der Waals surface area contributed by atoms with Gasteiger partial charge in [0.2, 0.25) is 0 Å². The Bertz CT molecular complexity index is 595. The summed E-state index contributed by atoms with van der Waals surface area (Å²) in [5.41, 5.74) is 1.43. The third kappa shape index (κ3) is 3.55. The lowest BCUT2D eigenvalue weighted by atomic mass is 10.2. The molecule has 0 atom stereocenters. The van der Waals surface area contributed by atoms with Crippen molar-refractivity contribution in [3.05, 3.63) is 46.5 Å². The molecule has 1 aliphatic carbocycles. The van der Waals surface area contributed by atoms with E-state index in [0.29, 0.717) is 23.7 Å². The molecule has 0 bridgehead atoms. The molecule has 1 fully saturated rings. The molecule has 106 valence electrons. The van der Waals surface area contributed by atoms with E-state index in [4.69, 9.17) is 11.6 Å². The quantitative estimate of drug-likeness (QED) is 0.890. The molecule has 1 aliphatic rings. The number of hydrogen-bond donors (Lipinski definition) is 1. The summed E-state index contributed by atoms with van der Waals surface area (Å²) in [4.78, 5) is 0. The molecule has 1 saturated carbocycles. The summed E-state index contributed by atoms with van der Waals surface area (Å²) >= 11 is 5.73. The maximum atomic E-state index is 13.7. The van der Waals surface area contributed by atoms with E-state index in [9.17, 15) is 4.39 Å². The number of rotatable bonds is 6. The number of halogens is 2. The SMILES string of the molecule is Fc1cc(Cl)ccc1Cn1cc(CNCC2CC2)nn1. The Morgan fingerprint density at radius 2 is 2.25 bits per heavy atom. The van der Waals surface area contributed by atoms with Gasteiger partial charge in [-0.3, -0.25) is 0 Å². The van der Waals surface area contributed by atoms with Crippen LogP contribution < -0.4 is 5.32 Å². The van der Waals surface area contributed by atoms with Crippen LogP contribution in [0.5, 0.6) is 0 Å². The monoisotopic (exact) mass is 294 g/mol. The second-order valence-electron chi connectivity index (χ2n) is 5.22. The van der Waals surface area contributed by atoms with E-state index in [1.807, 2.05) is 6.20 Å². The highest BCUT2D eigenvalue weighted by Crippen LogP contribution is 2.27. The van der Waals surface area contributed by atoms with Gasteiger partial charge >= 0.3 is 0 Å². The topological polar surface area (TPSA) is 42.7 Å². The first-order chi connectivity index (χ1) is 9.70. The number of hydrogen-bond acceptors (Lipinski definition) is 3. The zero-order chi connectivity index (χ0) is 13.9. The first-order valence-corrected chi connectivity index (χ1v) is 7.12. The highest BCUT2D eigenvalue weighted by molar-refractivity contribution is 6.30. The van der Waals surface area contributed by atoms with Gasteiger partial charge in [-0.05, 0) is 37.4 Å². The van der Waals surface area contributed by atoms with Crippen molar-refractivity contribution in [3.8, 4) is 0 Å². The first-order valence-electron chi connectivity index (χ1n) is 6.74. The van der Waals surface area contributed by atoms with Crippen LogP contribution in [0.1, 0.15) is 24.1 Å². The van der Waals surface area contributed by atoms with E-state index in [0.717, 1.165) is 18.2 Å². The number of aromatic nitrogens is 3. The maximum absolute atomic E-state index is 13.7. The van der Waals surface area contributed by atoms with Crippen molar-refractivity contribution in [1.82, 2.24) is 20.3 Å². The Kier molecular flexibility index (Phi) is 3.98. The van der Waals surface area contributed by atoms with Gasteiger partial charge in [-0.1, -0.05) is 22.9 Å². The Balaban J connectivity index is 1.58. The van der Waals surface area contributed by atoms with Crippen LogP contribution in [-0.2, 0) is 13.1 Å². The Morgan fingerprint density at radius 3 is 3.00 bits per heavy atom. The number of benzene rings is 1. The summed E-state index contributed by atoms with van der Waals surface area (Å²) in [5, 5.41) is 11.8. The summed E-state index contributed by atoms with van der Waals surface area (Å²) in [6, 6.07) is 4.66. The molecule has 0 aliphatic heterocycles. The molecule has 3 rings (SSSR count). The highest BCUT2D eigenvalue weighted by Gasteiger charge is 2.20. The summed E-state index contributed by atoms with van der Waals surface area (Å²) < 4.78 is 15.3. The largest absolute Gasteiger partial charge is 0.311 e. The minimum atomic E-state index is -0.318. The van der Waals surface area contributed by atoms with Gasteiger partial charge in [-0.2, -0.15) is 0 Å². The zero-order valence-electron chi connectivity index (χ0n) is 11.0. The van der Waals surface area contributed by atoms with Crippen LogP contribution >= 0.6 is 11.6 Å². The molecule has 1 aromatic carbocycles. The van der Waals surface area contributed by atoms with Gasteiger partial charge in [-0.15, -0.1) is 5.10 Å². The predicted molar refractivity (Wildman–Crippen MR) is 75.0 cm³/mol.